The number of aromatic nitrogens is 3. The zero-order valence-electron chi connectivity index (χ0n) is 15.7. The quantitative estimate of drug-likeness (QED) is 0.769. The minimum Gasteiger partial charge on any atom is -0.303 e. The van der Waals surface area contributed by atoms with E-state index in [2.05, 4.69) is 44.8 Å². The van der Waals surface area contributed by atoms with Gasteiger partial charge in [-0.2, -0.15) is 0 Å². The van der Waals surface area contributed by atoms with Crippen molar-refractivity contribution in [3.8, 4) is 0 Å². The standard InChI is InChI=1S/C19H35N5/c1-3-5-8-18-16-24(21-20-18)19-9-12-23(13-10-19)15-17-7-6-11-22(4-2)14-17/h16-17,19H,3-15H2,1-2H3/t17-/m0/s1. The van der Waals surface area contributed by atoms with Gasteiger partial charge in [0.25, 0.3) is 0 Å². The lowest BCUT2D eigenvalue weighted by Crippen LogP contribution is -2.43. The summed E-state index contributed by atoms with van der Waals surface area (Å²) in [6.07, 6.45) is 11.0. The van der Waals surface area contributed by atoms with Crippen LogP contribution in [0.5, 0.6) is 0 Å². The van der Waals surface area contributed by atoms with Gasteiger partial charge in [-0.25, -0.2) is 4.68 Å². The fraction of sp³-hybridized carbons (Fsp3) is 0.895. The molecule has 136 valence electrons. The van der Waals surface area contributed by atoms with Crippen LogP contribution in [-0.4, -0.2) is 64.1 Å². The molecule has 1 atom stereocenters. The third-order valence-corrected chi connectivity index (χ3v) is 5.84. The summed E-state index contributed by atoms with van der Waals surface area (Å²) in [5.41, 5.74) is 1.17. The van der Waals surface area contributed by atoms with Crippen LogP contribution < -0.4 is 0 Å². The van der Waals surface area contributed by atoms with E-state index in [0.717, 1.165) is 12.3 Å². The fourth-order valence-electron chi connectivity index (χ4n) is 4.28. The van der Waals surface area contributed by atoms with Crippen LogP contribution in [0, 0.1) is 5.92 Å². The van der Waals surface area contributed by atoms with Crippen molar-refractivity contribution in [1.82, 2.24) is 24.8 Å². The molecule has 0 radical (unpaired) electrons. The van der Waals surface area contributed by atoms with Crippen molar-refractivity contribution < 1.29 is 0 Å². The third kappa shape index (κ3) is 4.79. The molecule has 0 saturated carbocycles. The van der Waals surface area contributed by atoms with Crippen molar-refractivity contribution in [1.29, 1.82) is 0 Å². The van der Waals surface area contributed by atoms with Gasteiger partial charge >= 0.3 is 0 Å². The lowest BCUT2D eigenvalue weighted by molar-refractivity contribution is 0.111. The van der Waals surface area contributed by atoms with Crippen LogP contribution in [0.1, 0.15) is 64.1 Å². The Labute approximate surface area is 147 Å². The molecule has 0 aliphatic carbocycles. The van der Waals surface area contributed by atoms with Gasteiger partial charge in [0.05, 0.1) is 11.7 Å². The van der Waals surface area contributed by atoms with Crippen LogP contribution in [0.3, 0.4) is 0 Å². The van der Waals surface area contributed by atoms with Crippen molar-refractivity contribution in [3.63, 3.8) is 0 Å². The summed E-state index contributed by atoms with van der Waals surface area (Å²) >= 11 is 0. The second-order valence-electron chi connectivity index (χ2n) is 7.73. The van der Waals surface area contributed by atoms with Crippen LogP contribution in [0.15, 0.2) is 6.20 Å². The van der Waals surface area contributed by atoms with Gasteiger partial charge in [-0.05, 0) is 57.5 Å². The van der Waals surface area contributed by atoms with E-state index in [0.29, 0.717) is 6.04 Å². The predicted molar refractivity (Wildman–Crippen MR) is 98.2 cm³/mol. The highest BCUT2D eigenvalue weighted by Crippen LogP contribution is 2.24. The normalized spacial score (nSPS) is 24.5. The number of hydrogen-bond acceptors (Lipinski definition) is 4. The van der Waals surface area contributed by atoms with Crippen molar-refractivity contribution in [2.75, 3.05) is 39.3 Å². The maximum Gasteiger partial charge on any atom is 0.0827 e. The summed E-state index contributed by atoms with van der Waals surface area (Å²) in [5.74, 6) is 0.877. The first-order valence-electron chi connectivity index (χ1n) is 10.1. The van der Waals surface area contributed by atoms with Gasteiger partial charge in [0.15, 0.2) is 0 Å². The van der Waals surface area contributed by atoms with Crippen molar-refractivity contribution in [2.45, 2.75) is 64.8 Å². The first-order valence-corrected chi connectivity index (χ1v) is 10.1. The number of piperidine rings is 2. The van der Waals surface area contributed by atoms with E-state index < -0.39 is 0 Å². The summed E-state index contributed by atoms with van der Waals surface area (Å²) in [5, 5.41) is 8.75. The molecule has 2 saturated heterocycles. The molecule has 3 heterocycles. The number of rotatable bonds is 7. The maximum atomic E-state index is 4.40. The summed E-state index contributed by atoms with van der Waals surface area (Å²) in [6, 6.07) is 0.558. The SMILES string of the molecule is CCCCc1cn(C2CCN(C[C@H]3CCCN(CC)C3)CC2)nn1. The van der Waals surface area contributed by atoms with Gasteiger partial charge in [0.2, 0.25) is 0 Å². The van der Waals surface area contributed by atoms with Crippen LogP contribution in [0.25, 0.3) is 0 Å². The van der Waals surface area contributed by atoms with E-state index in [4.69, 9.17) is 0 Å². The molecule has 0 amide bonds. The van der Waals surface area contributed by atoms with Gasteiger partial charge in [-0.3, -0.25) is 0 Å². The second-order valence-corrected chi connectivity index (χ2v) is 7.73. The van der Waals surface area contributed by atoms with Crippen molar-refractivity contribution >= 4 is 0 Å². The van der Waals surface area contributed by atoms with Crippen molar-refractivity contribution in [3.05, 3.63) is 11.9 Å². The van der Waals surface area contributed by atoms with Crippen LogP contribution in [-0.2, 0) is 6.42 Å². The first-order chi connectivity index (χ1) is 11.8. The average Bonchev–Trinajstić information content (AvgIpc) is 3.10. The van der Waals surface area contributed by atoms with E-state index >= 15 is 0 Å². The predicted octanol–water partition coefficient (Wildman–Crippen LogP) is 2.99. The van der Waals surface area contributed by atoms with E-state index in [1.54, 1.807) is 0 Å². The molecule has 24 heavy (non-hydrogen) atoms. The summed E-state index contributed by atoms with van der Waals surface area (Å²) in [7, 11) is 0. The highest BCUT2D eigenvalue weighted by molar-refractivity contribution is 4.94. The van der Waals surface area contributed by atoms with Crippen LogP contribution in [0.2, 0.25) is 0 Å². The lowest BCUT2D eigenvalue weighted by Gasteiger charge is -2.38. The molecule has 5 nitrogen and oxygen atoms in total. The van der Waals surface area contributed by atoms with Crippen LogP contribution >= 0.6 is 0 Å². The zero-order valence-corrected chi connectivity index (χ0v) is 15.7. The lowest BCUT2D eigenvalue weighted by atomic mass is 9.96. The van der Waals surface area contributed by atoms with E-state index in [9.17, 15) is 0 Å². The van der Waals surface area contributed by atoms with Gasteiger partial charge in [0.1, 0.15) is 0 Å². The molecule has 5 heteroatoms. The molecule has 1 aromatic heterocycles. The van der Waals surface area contributed by atoms with Gasteiger partial charge in [0, 0.05) is 32.4 Å². The van der Waals surface area contributed by atoms with Gasteiger partial charge in [-0.15, -0.1) is 5.10 Å². The Bertz CT molecular complexity index is 478. The molecule has 0 spiro atoms. The Balaban J connectivity index is 1.43. The molecular formula is C19H35N5. The number of likely N-dealkylation sites (tertiary alicyclic amines) is 2. The zero-order chi connectivity index (χ0) is 16.8. The molecule has 0 aromatic carbocycles. The maximum absolute atomic E-state index is 4.40. The van der Waals surface area contributed by atoms with E-state index in [1.807, 2.05) is 0 Å². The number of aryl methyl sites for hydroxylation is 1. The smallest absolute Gasteiger partial charge is 0.0827 e. The van der Waals surface area contributed by atoms with Gasteiger partial charge in [-0.1, -0.05) is 25.5 Å². The van der Waals surface area contributed by atoms with Gasteiger partial charge < -0.3 is 9.80 Å². The van der Waals surface area contributed by atoms with Crippen LogP contribution in [0.4, 0.5) is 0 Å². The fourth-order valence-corrected chi connectivity index (χ4v) is 4.28. The highest BCUT2D eigenvalue weighted by atomic mass is 15.4. The number of nitrogens with zero attached hydrogens (tertiary/aromatic N) is 5. The minimum atomic E-state index is 0.558. The molecule has 1 aromatic rings. The minimum absolute atomic E-state index is 0.558. The van der Waals surface area contributed by atoms with Crippen molar-refractivity contribution in [2.24, 2.45) is 5.92 Å². The Morgan fingerprint density at radius 2 is 1.92 bits per heavy atom. The molecule has 2 fully saturated rings. The second kappa shape index (κ2) is 8.95. The third-order valence-electron chi connectivity index (χ3n) is 5.84. The molecule has 0 bridgehead atoms. The Morgan fingerprint density at radius 1 is 1.08 bits per heavy atom. The first kappa shape index (κ1) is 17.9. The molecule has 2 aliphatic heterocycles. The molecule has 0 unspecified atom stereocenters. The Morgan fingerprint density at radius 3 is 2.67 bits per heavy atom. The summed E-state index contributed by atoms with van der Waals surface area (Å²) in [6.45, 7) is 12.1. The largest absolute Gasteiger partial charge is 0.303 e. The van der Waals surface area contributed by atoms with E-state index in [-0.39, 0.29) is 0 Å². The average molecular weight is 334 g/mol. The Kier molecular flexibility index (Phi) is 6.67. The summed E-state index contributed by atoms with van der Waals surface area (Å²) in [4.78, 5) is 5.31. The summed E-state index contributed by atoms with van der Waals surface area (Å²) < 4.78 is 2.14. The van der Waals surface area contributed by atoms with E-state index in [1.165, 1.54) is 83.5 Å². The Hall–Kier alpha value is -0.940. The molecule has 2 aliphatic rings. The molecule has 0 N–H and O–H groups in total. The monoisotopic (exact) mass is 333 g/mol. The molecule has 3 rings (SSSR count). The number of unbranched alkanes of at least 4 members (excludes halogenated alkanes) is 1. The number of hydrogen-bond donors (Lipinski definition) is 0. The topological polar surface area (TPSA) is 37.2 Å². The molecular weight excluding hydrogens is 298 g/mol. The highest BCUT2D eigenvalue weighted by Gasteiger charge is 2.25.